The van der Waals surface area contributed by atoms with E-state index in [1.807, 2.05) is 30.3 Å². The zero-order valence-corrected chi connectivity index (χ0v) is 15.5. The van der Waals surface area contributed by atoms with Crippen molar-refractivity contribution in [3.63, 3.8) is 0 Å². The highest BCUT2D eigenvalue weighted by Gasteiger charge is 2.09. The summed E-state index contributed by atoms with van der Waals surface area (Å²) in [5, 5.41) is 1.20. The molecular formula is C24H21NO2. The minimum absolute atomic E-state index is 0.747. The number of aromatic nitrogens is 1. The van der Waals surface area contributed by atoms with Crippen LogP contribution in [0.25, 0.3) is 27.7 Å². The topological polar surface area (TPSA) is 34.2 Å². The van der Waals surface area contributed by atoms with Crippen LogP contribution in [0.1, 0.15) is 11.1 Å². The summed E-state index contributed by atoms with van der Waals surface area (Å²) < 4.78 is 10.8. The van der Waals surface area contributed by atoms with Gasteiger partial charge in [-0.1, -0.05) is 43.0 Å². The molecule has 0 aliphatic carbocycles. The van der Waals surface area contributed by atoms with Gasteiger partial charge in [-0.05, 0) is 52.6 Å². The molecule has 0 spiro atoms. The minimum atomic E-state index is 0.747. The standard InChI is InChI=1S/C24H21NO2/c1-16(20-12-21(26-2)15-22(13-20)27-3)17-8-6-9-18(11-17)24-14-19-7-4-5-10-23(19)25-24/h4-15,25H,1H2,2-3H3. The van der Waals surface area contributed by atoms with Crippen LogP contribution in [0.3, 0.4) is 0 Å². The third kappa shape index (κ3) is 3.32. The average Bonchev–Trinajstić information content (AvgIpc) is 3.17. The number of rotatable bonds is 5. The predicted molar refractivity (Wildman–Crippen MR) is 111 cm³/mol. The smallest absolute Gasteiger partial charge is 0.123 e. The lowest BCUT2D eigenvalue weighted by Crippen LogP contribution is -1.92. The molecule has 3 nitrogen and oxygen atoms in total. The van der Waals surface area contributed by atoms with Gasteiger partial charge in [0, 0.05) is 22.7 Å². The van der Waals surface area contributed by atoms with Crippen LogP contribution < -0.4 is 9.47 Å². The van der Waals surface area contributed by atoms with E-state index in [-0.39, 0.29) is 0 Å². The average molecular weight is 355 g/mol. The van der Waals surface area contributed by atoms with Gasteiger partial charge in [0.1, 0.15) is 11.5 Å². The van der Waals surface area contributed by atoms with Gasteiger partial charge in [0.15, 0.2) is 0 Å². The van der Waals surface area contributed by atoms with E-state index in [1.165, 1.54) is 5.39 Å². The van der Waals surface area contributed by atoms with Crippen LogP contribution in [0.4, 0.5) is 0 Å². The first-order valence-electron chi connectivity index (χ1n) is 8.79. The molecule has 1 N–H and O–H groups in total. The van der Waals surface area contributed by atoms with Crippen molar-refractivity contribution in [2.45, 2.75) is 0 Å². The van der Waals surface area contributed by atoms with Crippen molar-refractivity contribution in [3.05, 3.63) is 90.5 Å². The lowest BCUT2D eigenvalue weighted by molar-refractivity contribution is 0.394. The molecule has 27 heavy (non-hydrogen) atoms. The molecule has 134 valence electrons. The molecule has 0 aliphatic rings. The van der Waals surface area contributed by atoms with Crippen molar-refractivity contribution in [1.29, 1.82) is 0 Å². The van der Waals surface area contributed by atoms with Crippen molar-refractivity contribution < 1.29 is 9.47 Å². The molecule has 0 unspecified atom stereocenters. The van der Waals surface area contributed by atoms with E-state index in [4.69, 9.17) is 9.47 Å². The molecule has 1 aromatic heterocycles. The molecule has 4 rings (SSSR count). The molecular weight excluding hydrogens is 334 g/mol. The molecule has 3 aromatic carbocycles. The van der Waals surface area contributed by atoms with Gasteiger partial charge in [-0.2, -0.15) is 0 Å². The number of benzene rings is 3. The first-order valence-corrected chi connectivity index (χ1v) is 8.79. The molecule has 0 saturated heterocycles. The zero-order valence-electron chi connectivity index (χ0n) is 15.5. The third-order valence-corrected chi connectivity index (χ3v) is 4.75. The summed E-state index contributed by atoms with van der Waals surface area (Å²) in [5.41, 5.74) is 6.30. The molecule has 4 aromatic rings. The van der Waals surface area contributed by atoms with Gasteiger partial charge in [-0.25, -0.2) is 0 Å². The van der Waals surface area contributed by atoms with Gasteiger partial charge in [0.05, 0.1) is 14.2 Å². The Hall–Kier alpha value is -3.46. The molecule has 0 amide bonds. The van der Waals surface area contributed by atoms with Crippen molar-refractivity contribution in [1.82, 2.24) is 4.98 Å². The number of nitrogens with one attached hydrogen (secondary N) is 1. The second kappa shape index (κ2) is 7.04. The number of hydrogen-bond acceptors (Lipinski definition) is 2. The highest BCUT2D eigenvalue weighted by molar-refractivity contribution is 5.87. The Balaban J connectivity index is 1.73. The first kappa shape index (κ1) is 17.0. The lowest BCUT2D eigenvalue weighted by atomic mass is 9.97. The van der Waals surface area contributed by atoms with Gasteiger partial charge in [-0.3, -0.25) is 0 Å². The Morgan fingerprint density at radius 2 is 1.52 bits per heavy atom. The Labute approximate surface area is 158 Å². The number of hydrogen-bond donors (Lipinski definition) is 1. The Morgan fingerprint density at radius 1 is 0.778 bits per heavy atom. The normalized spacial score (nSPS) is 10.7. The predicted octanol–water partition coefficient (Wildman–Crippen LogP) is 5.91. The summed E-state index contributed by atoms with van der Waals surface area (Å²) in [6, 6.07) is 24.6. The SMILES string of the molecule is C=C(c1cc(OC)cc(OC)c1)c1cccc(-c2cc3ccccc3[nH]2)c1. The summed E-state index contributed by atoms with van der Waals surface area (Å²) in [6.07, 6.45) is 0. The molecule has 0 radical (unpaired) electrons. The van der Waals surface area contributed by atoms with Crippen molar-refractivity contribution in [3.8, 4) is 22.8 Å². The molecule has 0 aliphatic heterocycles. The number of ether oxygens (including phenoxy) is 2. The van der Waals surface area contributed by atoms with E-state index < -0.39 is 0 Å². The van der Waals surface area contributed by atoms with Crippen LogP contribution in [-0.2, 0) is 0 Å². The Bertz CT molecular complexity index is 1070. The summed E-state index contributed by atoms with van der Waals surface area (Å²) in [7, 11) is 3.30. The number of methoxy groups -OCH3 is 2. The van der Waals surface area contributed by atoms with E-state index in [0.717, 1.165) is 45.0 Å². The molecule has 0 bridgehead atoms. The monoisotopic (exact) mass is 355 g/mol. The fourth-order valence-corrected chi connectivity index (χ4v) is 3.25. The largest absolute Gasteiger partial charge is 0.497 e. The maximum absolute atomic E-state index is 5.38. The van der Waals surface area contributed by atoms with Gasteiger partial charge in [-0.15, -0.1) is 0 Å². The van der Waals surface area contributed by atoms with Crippen LogP contribution in [-0.4, -0.2) is 19.2 Å². The molecule has 0 fully saturated rings. The summed E-state index contributed by atoms with van der Waals surface area (Å²) >= 11 is 0. The molecule has 0 saturated carbocycles. The van der Waals surface area contributed by atoms with E-state index in [2.05, 4.69) is 54.0 Å². The fourth-order valence-electron chi connectivity index (χ4n) is 3.25. The minimum Gasteiger partial charge on any atom is -0.497 e. The fraction of sp³-hybridized carbons (Fsp3) is 0.0833. The van der Waals surface area contributed by atoms with Crippen LogP contribution >= 0.6 is 0 Å². The van der Waals surface area contributed by atoms with Gasteiger partial charge < -0.3 is 14.5 Å². The van der Waals surface area contributed by atoms with E-state index >= 15 is 0 Å². The van der Waals surface area contributed by atoms with Gasteiger partial charge >= 0.3 is 0 Å². The van der Waals surface area contributed by atoms with Crippen molar-refractivity contribution in [2.24, 2.45) is 0 Å². The van der Waals surface area contributed by atoms with Crippen LogP contribution in [0.15, 0.2) is 79.4 Å². The number of para-hydroxylation sites is 1. The quantitative estimate of drug-likeness (QED) is 0.482. The third-order valence-electron chi connectivity index (χ3n) is 4.75. The lowest BCUT2D eigenvalue weighted by Gasteiger charge is -2.12. The second-order valence-corrected chi connectivity index (χ2v) is 6.43. The Kier molecular flexibility index (Phi) is 4.43. The zero-order chi connectivity index (χ0) is 18.8. The summed E-state index contributed by atoms with van der Waals surface area (Å²) in [5.74, 6) is 1.49. The number of fused-ring (bicyclic) bond motifs is 1. The second-order valence-electron chi connectivity index (χ2n) is 6.43. The van der Waals surface area contributed by atoms with Crippen LogP contribution in [0.2, 0.25) is 0 Å². The molecule has 3 heteroatoms. The maximum atomic E-state index is 5.38. The van der Waals surface area contributed by atoms with E-state index in [9.17, 15) is 0 Å². The van der Waals surface area contributed by atoms with Gasteiger partial charge in [0.25, 0.3) is 0 Å². The Morgan fingerprint density at radius 3 is 2.22 bits per heavy atom. The highest BCUT2D eigenvalue weighted by atomic mass is 16.5. The maximum Gasteiger partial charge on any atom is 0.123 e. The van der Waals surface area contributed by atoms with Gasteiger partial charge in [0.2, 0.25) is 0 Å². The summed E-state index contributed by atoms with van der Waals surface area (Å²) in [4.78, 5) is 3.48. The first-order chi connectivity index (χ1) is 13.2. The summed E-state index contributed by atoms with van der Waals surface area (Å²) in [6.45, 7) is 4.30. The van der Waals surface area contributed by atoms with E-state index in [0.29, 0.717) is 0 Å². The van der Waals surface area contributed by atoms with Crippen LogP contribution in [0.5, 0.6) is 11.5 Å². The van der Waals surface area contributed by atoms with Crippen molar-refractivity contribution in [2.75, 3.05) is 14.2 Å². The van der Waals surface area contributed by atoms with Crippen LogP contribution in [0, 0.1) is 0 Å². The highest BCUT2D eigenvalue weighted by Crippen LogP contribution is 2.32. The number of aromatic amines is 1. The van der Waals surface area contributed by atoms with E-state index in [1.54, 1.807) is 14.2 Å². The molecule has 1 heterocycles. The van der Waals surface area contributed by atoms with Crippen molar-refractivity contribution >= 4 is 16.5 Å². The number of H-pyrrole nitrogens is 1. The molecule has 0 atom stereocenters.